The van der Waals surface area contributed by atoms with Crippen LogP contribution in [0.25, 0.3) is 0 Å². The topological polar surface area (TPSA) is 49.0 Å². The molecule has 1 aliphatic heterocycles. The number of rotatable bonds is 1. The Kier molecular flexibility index (Phi) is 3.59. The molecule has 1 saturated carbocycles. The summed E-state index contributed by atoms with van der Waals surface area (Å²) in [5, 5.41) is 0. The summed E-state index contributed by atoms with van der Waals surface area (Å²) in [6.07, 6.45) is 9.40. The highest BCUT2D eigenvalue weighted by atomic mass is 127. The molecular formula is C13H18IN3O. The van der Waals surface area contributed by atoms with E-state index in [1.54, 1.807) is 0 Å². The first-order chi connectivity index (χ1) is 8.77. The summed E-state index contributed by atoms with van der Waals surface area (Å²) >= 11 is 2.12. The van der Waals surface area contributed by atoms with Crippen LogP contribution in [0.15, 0.2) is 11.1 Å². The van der Waals surface area contributed by atoms with Crippen LogP contribution in [0.4, 0.5) is 5.82 Å². The van der Waals surface area contributed by atoms with Gasteiger partial charge in [0.2, 0.25) is 0 Å². The number of nitrogens with zero attached hydrogens (tertiary/aromatic N) is 2. The fourth-order valence-corrected chi connectivity index (χ4v) is 4.07. The second-order valence-corrected chi connectivity index (χ2v) is 6.40. The third kappa shape index (κ3) is 2.17. The minimum Gasteiger partial charge on any atom is -0.352 e. The van der Waals surface area contributed by atoms with Crippen LogP contribution in [0, 0.1) is 9.49 Å². The average molecular weight is 359 g/mol. The van der Waals surface area contributed by atoms with Gasteiger partial charge in [0.25, 0.3) is 5.56 Å². The summed E-state index contributed by atoms with van der Waals surface area (Å²) in [5.74, 6) is 1.71. The number of aromatic nitrogens is 2. The molecule has 0 bridgehead atoms. The number of hydrogen-bond donors (Lipinski definition) is 1. The second kappa shape index (κ2) is 5.19. The van der Waals surface area contributed by atoms with Crippen molar-refractivity contribution in [3.8, 4) is 0 Å². The maximum atomic E-state index is 11.7. The molecule has 0 unspecified atom stereocenters. The Labute approximate surface area is 120 Å². The largest absolute Gasteiger partial charge is 0.352 e. The van der Waals surface area contributed by atoms with Crippen LogP contribution in [0.5, 0.6) is 0 Å². The van der Waals surface area contributed by atoms with Crippen molar-refractivity contribution in [1.82, 2.24) is 9.97 Å². The van der Waals surface area contributed by atoms with Crippen molar-refractivity contribution in [3.63, 3.8) is 0 Å². The summed E-state index contributed by atoms with van der Waals surface area (Å²) in [6, 6.07) is 0.607. The molecular weight excluding hydrogens is 341 g/mol. The van der Waals surface area contributed by atoms with E-state index in [-0.39, 0.29) is 5.56 Å². The first-order valence-electron chi connectivity index (χ1n) is 6.77. The van der Waals surface area contributed by atoms with E-state index in [4.69, 9.17) is 0 Å². The first-order valence-corrected chi connectivity index (χ1v) is 7.85. The van der Waals surface area contributed by atoms with E-state index in [9.17, 15) is 4.79 Å². The Morgan fingerprint density at radius 1 is 1.28 bits per heavy atom. The van der Waals surface area contributed by atoms with Gasteiger partial charge in [-0.25, -0.2) is 4.98 Å². The predicted octanol–water partition coefficient (Wildman–Crippen LogP) is 2.53. The predicted molar refractivity (Wildman–Crippen MR) is 79.9 cm³/mol. The van der Waals surface area contributed by atoms with Gasteiger partial charge in [0, 0.05) is 12.6 Å². The number of nitrogens with one attached hydrogen (secondary N) is 1. The summed E-state index contributed by atoms with van der Waals surface area (Å²) in [6.45, 7) is 1.05. The number of hydrogen-bond acceptors (Lipinski definition) is 3. The van der Waals surface area contributed by atoms with Crippen molar-refractivity contribution < 1.29 is 0 Å². The van der Waals surface area contributed by atoms with E-state index in [2.05, 4.69) is 37.5 Å². The van der Waals surface area contributed by atoms with E-state index in [1.165, 1.54) is 44.9 Å². The molecule has 1 aliphatic carbocycles. The minimum absolute atomic E-state index is 0.0152. The van der Waals surface area contributed by atoms with E-state index >= 15 is 0 Å². The van der Waals surface area contributed by atoms with Gasteiger partial charge in [0.1, 0.15) is 9.39 Å². The van der Waals surface area contributed by atoms with Gasteiger partial charge in [-0.2, -0.15) is 0 Å². The van der Waals surface area contributed by atoms with Crippen LogP contribution < -0.4 is 10.5 Å². The average Bonchev–Trinajstić information content (AvgIpc) is 2.41. The molecule has 0 radical (unpaired) electrons. The quantitative estimate of drug-likeness (QED) is 0.784. The van der Waals surface area contributed by atoms with E-state index in [0.29, 0.717) is 6.04 Å². The molecule has 4 nitrogen and oxygen atoms in total. The zero-order chi connectivity index (χ0) is 12.5. The molecule has 18 heavy (non-hydrogen) atoms. The SMILES string of the molecule is O=c1[nH]cnc(N2CCC[C@H]3CCCC[C@H]32)c1I. The fourth-order valence-electron chi connectivity index (χ4n) is 3.46. The highest BCUT2D eigenvalue weighted by molar-refractivity contribution is 14.1. The van der Waals surface area contributed by atoms with Gasteiger partial charge in [-0.1, -0.05) is 12.8 Å². The Balaban J connectivity index is 1.94. The Hall–Kier alpha value is -0.590. The maximum Gasteiger partial charge on any atom is 0.266 e. The van der Waals surface area contributed by atoms with Gasteiger partial charge in [0.05, 0.1) is 6.33 Å². The smallest absolute Gasteiger partial charge is 0.266 e. The molecule has 1 saturated heterocycles. The fraction of sp³-hybridized carbons (Fsp3) is 0.692. The van der Waals surface area contributed by atoms with Crippen LogP contribution in [-0.2, 0) is 0 Å². The lowest BCUT2D eigenvalue weighted by molar-refractivity contribution is 0.242. The highest BCUT2D eigenvalue weighted by Gasteiger charge is 2.34. The molecule has 2 aliphatic rings. The number of anilines is 1. The van der Waals surface area contributed by atoms with Crippen LogP contribution in [-0.4, -0.2) is 22.6 Å². The van der Waals surface area contributed by atoms with Gasteiger partial charge in [-0.3, -0.25) is 4.79 Å². The lowest BCUT2D eigenvalue weighted by Crippen LogP contribution is -2.48. The molecule has 1 aromatic rings. The molecule has 3 rings (SSSR count). The molecule has 98 valence electrons. The number of piperidine rings is 1. The van der Waals surface area contributed by atoms with Crippen LogP contribution in [0.3, 0.4) is 0 Å². The second-order valence-electron chi connectivity index (χ2n) is 5.32. The maximum absolute atomic E-state index is 11.7. The van der Waals surface area contributed by atoms with Gasteiger partial charge >= 0.3 is 0 Å². The Bertz CT molecular complexity index is 485. The zero-order valence-corrected chi connectivity index (χ0v) is 12.5. The number of halogens is 1. The van der Waals surface area contributed by atoms with Gasteiger partial charge < -0.3 is 9.88 Å². The molecule has 1 N–H and O–H groups in total. The summed E-state index contributed by atoms with van der Waals surface area (Å²) in [5.41, 5.74) is -0.0152. The first kappa shape index (κ1) is 12.4. The number of fused-ring (bicyclic) bond motifs is 1. The van der Waals surface area contributed by atoms with Crippen molar-refractivity contribution in [2.45, 2.75) is 44.6 Å². The lowest BCUT2D eigenvalue weighted by atomic mass is 9.78. The highest BCUT2D eigenvalue weighted by Crippen LogP contribution is 2.37. The standard InChI is InChI=1S/C13H18IN3O/c14-11-12(15-8-16-13(11)18)17-7-3-5-9-4-1-2-6-10(9)17/h8-10H,1-7H2,(H,15,16,18)/t9-,10-/m1/s1. The molecule has 2 heterocycles. The molecule has 2 atom stereocenters. The Morgan fingerprint density at radius 2 is 2.06 bits per heavy atom. The molecule has 0 spiro atoms. The Morgan fingerprint density at radius 3 is 2.94 bits per heavy atom. The number of aromatic amines is 1. The minimum atomic E-state index is -0.0152. The number of H-pyrrole nitrogens is 1. The third-order valence-electron chi connectivity index (χ3n) is 4.29. The monoisotopic (exact) mass is 359 g/mol. The zero-order valence-electron chi connectivity index (χ0n) is 10.4. The molecule has 5 heteroatoms. The van der Waals surface area contributed by atoms with Crippen molar-refractivity contribution in [2.24, 2.45) is 5.92 Å². The third-order valence-corrected chi connectivity index (χ3v) is 5.27. The van der Waals surface area contributed by atoms with Crippen molar-refractivity contribution in [2.75, 3.05) is 11.4 Å². The van der Waals surface area contributed by atoms with Gasteiger partial charge in [-0.15, -0.1) is 0 Å². The summed E-state index contributed by atoms with van der Waals surface area (Å²) in [4.78, 5) is 21.2. The van der Waals surface area contributed by atoms with Crippen LogP contribution in [0.1, 0.15) is 38.5 Å². The van der Waals surface area contributed by atoms with Gasteiger partial charge in [-0.05, 0) is 54.2 Å². The van der Waals surface area contributed by atoms with Crippen LogP contribution >= 0.6 is 22.6 Å². The van der Waals surface area contributed by atoms with Crippen molar-refractivity contribution in [3.05, 3.63) is 20.3 Å². The summed E-state index contributed by atoms with van der Waals surface area (Å²) < 4.78 is 0.737. The molecule has 0 aromatic carbocycles. The molecule has 2 fully saturated rings. The van der Waals surface area contributed by atoms with Gasteiger partial charge in [0.15, 0.2) is 0 Å². The van der Waals surface area contributed by atoms with Crippen molar-refractivity contribution in [1.29, 1.82) is 0 Å². The van der Waals surface area contributed by atoms with E-state index in [0.717, 1.165) is 21.9 Å². The van der Waals surface area contributed by atoms with E-state index < -0.39 is 0 Å². The molecule has 1 aromatic heterocycles. The van der Waals surface area contributed by atoms with Crippen LogP contribution in [0.2, 0.25) is 0 Å². The summed E-state index contributed by atoms with van der Waals surface area (Å²) in [7, 11) is 0. The van der Waals surface area contributed by atoms with E-state index in [1.807, 2.05) is 0 Å². The normalized spacial score (nSPS) is 27.9. The lowest BCUT2D eigenvalue weighted by Gasteiger charge is -2.44. The molecule has 0 amide bonds. The van der Waals surface area contributed by atoms with Crippen molar-refractivity contribution >= 4 is 28.4 Å².